The van der Waals surface area contributed by atoms with E-state index in [1.54, 1.807) is 19.2 Å². The molecule has 2 rings (SSSR count). The molecule has 1 N–H and O–H groups in total. The summed E-state index contributed by atoms with van der Waals surface area (Å²) < 4.78 is 20.1. The first kappa shape index (κ1) is 14.0. The van der Waals surface area contributed by atoms with Crippen molar-refractivity contribution in [2.24, 2.45) is 0 Å². The van der Waals surface area contributed by atoms with Gasteiger partial charge in [0.1, 0.15) is 11.6 Å². The molecule has 2 aromatic rings. The standard InChI is InChI=1S/C15H15BrFNO/c1-18-9-10-7-12(19-2)4-5-13(10)14-8-11(16)3-6-15(14)17/h3-8,18H,9H2,1-2H3. The van der Waals surface area contributed by atoms with E-state index >= 15 is 0 Å². The normalized spacial score (nSPS) is 10.5. The van der Waals surface area contributed by atoms with Crippen LogP contribution in [0.3, 0.4) is 0 Å². The fourth-order valence-corrected chi connectivity index (χ4v) is 2.36. The van der Waals surface area contributed by atoms with Crippen molar-refractivity contribution >= 4 is 15.9 Å². The Morgan fingerprint density at radius 1 is 1.16 bits per heavy atom. The molecule has 0 unspecified atom stereocenters. The van der Waals surface area contributed by atoms with Crippen molar-refractivity contribution in [2.75, 3.05) is 14.2 Å². The lowest BCUT2D eigenvalue weighted by Gasteiger charge is -2.12. The molecule has 0 aliphatic heterocycles. The summed E-state index contributed by atoms with van der Waals surface area (Å²) in [4.78, 5) is 0. The highest BCUT2D eigenvalue weighted by atomic mass is 79.9. The number of rotatable bonds is 4. The average Bonchev–Trinajstić information content (AvgIpc) is 2.42. The van der Waals surface area contributed by atoms with E-state index in [2.05, 4.69) is 21.2 Å². The highest BCUT2D eigenvalue weighted by molar-refractivity contribution is 9.10. The molecule has 0 radical (unpaired) electrons. The maximum absolute atomic E-state index is 14.0. The van der Waals surface area contributed by atoms with Gasteiger partial charge in [-0.15, -0.1) is 0 Å². The first-order valence-corrected chi connectivity index (χ1v) is 6.72. The molecule has 0 fully saturated rings. The summed E-state index contributed by atoms with van der Waals surface area (Å²) >= 11 is 3.38. The SMILES string of the molecule is CNCc1cc(OC)ccc1-c1cc(Br)ccc1F. The Labute approximate surface area is 120 Å². The molecule has 0 spiro atoms. The number of halogens is 2. The Bertz CT molecular complexity index is 586. The molecule has 0 bridgehead atoms. The minimum Gasteiger partial charge on any atom is -0.497 e. The van der Waals surface area contributed by atoms with Crippen LogP contribution in [-0.2, 0) is 6.54 Å². The summed E-state index contributed by atoms with van der Waals surface area (Å²) in [5, 5.41) is 3.09. The van der Waals surface area contributed by atoms with Crippen molar-refractivity contribution in [3.8, 4) is 16.9 Å². The van der Waals surface area contributed by atoms with Gasteiger partial charge in [0.15, 0.2) is 0 Å². The summed E-state index contributed by atoms with van der Waals surface area (Å²) in [6.07, 6.45) is 0. The zero-order chi connectivity index (χ0) is 13.8. The smallest absolute Gasteiger partial charge is 0.131 e. The third-order valence-corrected chi connectivity index (χ3v) is 3.39. The third kappa shape index (κ3) is 3.14. The molecule has 0 saturated carbocycles. The minimum absolute atomic E-state index is 0.231. The molecule has 4 heteroatoms. The van der Waals surface area contributed by atoms with Gasteiger partial charge in [0, 0.05) is 16.6 Å². The molecule has 0 saturated heterocycles. The van der Waals surface area contributed by atoms with Crippen molar-refractivity contribution in [1.82, 2.24) is 5.32 Å². The summed E-state index contributed by atoms with van der Waals surface area (Å²) in [6, 6.07) is 10.6. The van der Waals surface area contributed by atoms with Crippen LogP contribution in [0.5, 0.6) is 5.75 Å². The van der Waals surface area contributed by atoms with Gasteiger partial charge in [-0.2, -0.15) is 0 Å². The molecule has 19 heavy (non-hydrogen) atoms. The molecular formula is C15H15BrFNO. The number of benzene rings is 2. The van der Waals surface area contributed by atoms with Crippen molar-refractivity contribution in [2.45, 2.75) is 6.54 Å². The van der Waals surface area contributed by atoms with Crippen molar-refractivity contribution in [3.63, 3.8) is 0 Å². The fraction of sp³-hybridized carbons (Fsp3) is 0.200. The largest absolute Gasteiger partial charge is 0.497 e. The lowest BCUT2D eigenvalue weighted by Crippen LogP contribution is -2.07. The average molecular weight is 324 g/mol. The Kier molecular flexibility index (Phi) is 4.56. The molecule has 2 aromatic carbocycles. The number of hydrogen-bond donors (Lipinski definition) is 1. The van der Waals surface area contributed by atoms with E-state index < -0.39 is 0 Å². The van der Waals surface area contributed by atoms with Crippen LogP contribution in [0, 0.1) is 5.82 Å². The van der Waals surface area contributed by atoms with Gasteiger partial charge in [-0.05, 0) is 48.5 Å². The van der Waals surface area contributed by atoms with Gasteiger partial charge in [-0.25, -0.2) is 4.39 Å². The van der Waals surface area contributed by atoms with Crippen LogP contribution in [0.4, 0.5) is 4.39 Å². The topological polar surface area (TPSA) is 21.3 Å². The predicted molar refractivity (Wildman–Crippen MR) is 78.9 cm³/mol. The highest BCUT2D eigenvalue weighted by Gasteiger charge is 2.11. The maximum atomic E-state index is 14.0. The predicted octanol–water partition coefficient (Wildman–Crippen LogP) is 3.98. The maximum Gasteiger partial charge on any atom is 0.131 e. The first-order valence-electron chi connectivity index (χ1n) is 5.92. The van der Waals surface area contributed by atoms with Gasteiger partial charge < -0.3 is 10.1 Å². The third-order valence-electron chi connectivity index (χ3n) is 2.90. The summed E-state index contributed by atoms with van der Waals surface area (Å²) in [5.41, 5.74) is 2.45. The van der Waals surface area contributed by atoms with Crippen LogP contribution in [0.1, 0.15) is 5.56 Å². The Morgan fingerprint density at radius 2 is 1.95 bits per heavy atom. The molecule has 0 aliphatic carbocycles. The van der Waals surface area contributed by atoms with Crippen molar-refractivity contribution < 1.29 is 9.13 Å². The molecule has 100 valence electrons. The van der Waals surface area contributed by atoms with Gasteiger partial charge in [0.2, 0.25) is 0 Å². The molecule has 0 heterocycles. The first-order chi connectivity index (χ1) is 9.15. The van der Waals surface area contributed by atoms with E-state index in [-0.39, 0.29) is 5.82 Å². The number of nitrogens with one attached hydrogen (secondary N) is 1. The molecule has 0 atom stereocenters. The Hall–Kier alpha value is -1.39. The molecule has 0 aromatic heterocycles. The van der Waals surface area contributed by atoms with Crippen molar-refractivity contribution in [1.29, 1.82) is 0 Å². The second kappa shape index (κ2) is 6.17. The fourth-order valence-electron chi connectivity index (χ4n) is 2.00. The van der Waals surface area contributed by atoms with E-state index in [1.165, 1.54) is 6.07 Å². The molecular weight excluding hydrogens is 309 g/mol. The van der Waals surface area contributed by atoms with E-state index in [4.69, 9.17) is 4.74 Å². The van der Waals surface area contributed by atoms with Crippen LogP contribution in [0.25, 0.3) is 11.1 Å². The Balaban J connectivity index is 2.57. The minimum atomic E-state index is -0.231. The summed E-state index contributed by atoms with van der Waals surface area (Å²) in [6.45, 7) is 0.651. The second-order valence-electron chi connectivity index (χ2n) is 4.18. The molecule has 0 aliphatic rings. The van der Waals surface area contributed by atoms with E-state index in [0.717, 1.165) is 21.3 Å². The quantitative estimate of drug-likeness (QED) is 0.918. The monoisotopic (exact) mass is 323 g/mol. The zero-order valence-corrected chi connectivity index (χ0v) is 12.4. The van der Waals surface area contributed by atoms with Gasteiger partial charge in [0.05, 0.1) is 7.11 Å². The number of methoxy groups -OCH3 is 1. The summed E-state index contributed by atoms with van der Waals surface area (Å²) in [7, 11) is 3.48. The van der Waals surface area contributed by atoms with E-state index in [0.29, 0.717) is 12.1 Å². The van der Waals surface area contributed by atoms with Crippen LogP contribution in [0.15, 0.2) is 40.9 Å². The van der Waals surface area contributed by atoms with E-state index in [9.17, 15) is 4.39 Å². The lowest BCUT2D eigenvalue weighted by molar-refractivity contribution is 0.414. The van der Waals surface area contributed by atoms with Gasteiger partial charge in [-0.1, -0.05) is 22.0 Å². The van der Waals surface area contributed by atoms with Crippen molar-refractivity contribution in [3.05, 3.63) is 52.3 Å². The van der Waals surface area contributed by atoms with Gasteiger partial charge in [0.25, 0.3) is 0 Å². The number of ether oxygens (including phenoxy) is 1. The molecule has 0 amide bonds. The molecule has 2 nitrogen and oxygen atoms in total. The van der Waals surface area contributed by atoms with Gasteiger partial charge in [-0.3, -0.25) is 0 Å². The number of hydrogen-bond acceptors (Lipinski definition) is 2. The second-order valence-corrected chi connectivity index (χ2v) is 5.09. The summed E-state index contributed by atoms with van der Waals surface area (Å²) in [5.74, 6) is 0.537. The van der Waals surface area contributed by atoms with Crippen LogP contribution < -0.4 is 10.1 Å². The highest BCUT2D eigenvalue weighted by Crippen LogP contribution is 2.31. The van der Waals surface area contributed by atoms with Crippen LogP contribution >= 0.6 is 15.9 Å². The van der Waals surface area contributed by atoms with E-state index in [1.807, 2.05) is 25.2 Å². The van der Waals surface area contributed by atoms with Crippen LogP contribution in [-0.4, -0.2) is 14.2 Å². The lowest BCUT2D eigenvalue weighted by atomic mass is 9.99. The zero-order valence-electron chi connectivity index (χ0n) is 10.8. The van der Waals surface area contributed by atoms with Gasteiger partial charge >= 0.3 is 0 Å². The van der Waals surface area contributed by atoms with Crippen LogP contribution in [0.2, 0.25) is 0 Å². The Morgan fingerprint density at radius 3 is 2.63 bits per heavy atom.